The number of rotatable bonds is 5. The highest BCUT2D eigenvalue weighted by atomic mass is 16.4. The van der Waals surface area contributed by atoms with Crippen LogP contribution >= 0.6 is 0 Å². The summed E-state index contributed by atoms with van der Waals surface area (Å²) in [6, 6.07) is 4.71. The van der Waals surface area contributed by atoms with Gasteiger partial charge in [0.1, 0.15) is 0 Å². The lowest BCUT2D eigenvalue weighted by atomic mass is 9.84. The van der Waals surface area contributed by atoms with E-state index in [2.05, 4.69) is 33.0 Å². The maximum Gasteiger partial charge on any atom is 0.335 e. The molecule has 0 aromatic heterocycles. The van der Waals surface area contributed by atoms with E-state index in [0.29, 0.717) is 18.0 Å². The van der Waals surface area contributed by atoms with Crippen LogP contribution < -0.4 is 5.32 Å². The summed E-state index contributed by atoms with van der Waals surface area (Å²) in [6.45, 7) is 10.4. The first kappa shape index (κ1) is 17.2. The number of anilines is 1. The molecule has 0 fully saturated rings. The lowest BCUT2D eigenvalue weighted by Crippen LogP contribution is -2.19. The molecule has 116 valence electrons. The number of carboxylic acids is 1. The average Bonchev–Trinajstić information content (AvgIpc) is 2.28. The first-order chi connectivity index (χ1) is 9.58. The monoisotopic (exact) mass is 291 g/mol. The van der Waals surface area contributed by atoms with Gasteiger partial charge in [0.2, 0.25) is 5.91 Å². The maximum absolute atomic E-state index is 12.1. The Morgan fingerprint density at radius 3 is 2.38 bits per heavy atom. The van der Waals surface area contributed by atoms with E-state index in [0.717, 1.165) is 12.0 Å². The summed E-state index contributed by atoms with van der Waals surface area (Å²) in [5, 5.41) is 11.8. The van der Waals surface area contributed by atoms with E-state index in [1.807, 2.05) is 0 Å². The number of carbonyl (C=O) groups excluding carboxylic acids is 1. The number of carboxylic acid groups (broad SMARTS) is 1. The van der Waals surface area contributed by atoms with Gasteiger partial charge < -0.3 is 10.4 Å². The van der Waals surface area contributed by atoms with Crippen LogP contribution in [0.25, 0.3) is 0 Å². The molecule has 2 N–H and O–H groups in total. The van der Waals surface area contributed by atoms with Crippen molar-refractivity contribution in [1.82, 2.24) is 0 Å². The van der Waals surface area contributed by atoms with E-state index in [1.54, 1.807) is 19.1 Å². The van der Waals surface area contributed by atoms with Crippen molar-refractivity contribution in [3.8, 4) is 0 Å². The highest BCUT2D eigenvalue weighted by Crippen LogP contribution is 2.26. The summed E-state index contributed by atoms with van der Waals surface area (Å²) < 4.78 is 0. The molecule has 1 unspecified atom stereocenters. The molecule has 0 aliphatic heterocycles. The van der Waals surface area contributed by atoms with Crippen molar-refractivity contribution in [3.63, 3.8) is 0 Å². The molecule has 1 rings (SSSR count). The molecule has 0 bridgehead atoms. The Hall–Kier alpha value is -1.84. The fourth-order valence-electron chi connectivity index (χ4n) is 2.57. The Kier molecular flexibility index (Phi) is 5.53. The van der Waals surface area contributed by atoms with Crippen molar-refractivity contribution in [2.75, 3.05) is 5.32 Å². The SMILES string of the molecule is Cc1cc(C(=O)O)ccc1NC(=O)CC(C)CC(C)(C)C. The molecule has 0 radical (unpaired) electrons. The van der Waals surface area contributed by atoms with Crippen molar-refractivity contribution < 1.29 is 14.7 Å². The molecular formula is C17H25NO3. The van der Waals surface area contributed by atoms with Crippen LogP contribution in [-0.4, -0.2) is 17.0 Å². The third kappa shape index (κ3) is 5.98. The van der Waals surface area contributed by atoms with E-state index in [4.69, 9.17) is 5.11 Å². The van der Waals surface area contributed by atoms with Crippen molar-refractivity contribution in [3.05, 3.63) is 29.3 Å². The van der Waals surface area contributed by atoms with Crippen molar-refractivity contribution in [1.29, 1.82) is 0 Å². The fourth-order valence-corrected chi connectivity index (χ4v) is 2.57. The highest BCUT2D eigenvalue weighted by molar-refractivity contribution is 5.93. The number of aryl methyl sites for hydroxylation is 1. The first-order valence-electron chi connectivity index (χ1n) is 7.22. The number of amides is 1. The van der Waals surface area contributed by atoms with Gasteiger partial charge in [0, 0.05) is 12.1 Å². The minimum absolute atomic E-state index is 0.0297. The smallest absolute Gasteiger partial charge is 0.335 e. The van der Waals surface area contributed by atoms with Gasteiger partial charge in [-0.2, -0.15) is 0 Å². The largest absolute Gasteiger partial charge is 0.478 e. The number of benzene rings is 1. The van der Waals surface area contributed by atoms with E-state index >= 15 is 0 Å². The zero-order valence-corrected chi connectivity index (χ0v) is 13.5. The number of hydrogen-bond acceptors (Lipinski definition) is 2. The number of carbonyl (C=O) groups is 2. The second-order valence-electron chi connectivity index (χ2n) is 6.96. The van der Waals surface area contributed by atoms with Gasteiger partial charge in [-0.25, -0.2) is 4.79 Å². The predicted octanol–water partition coefficient (Wildman–Crippen LogP) is 4.09. The third-order valence-corrected chi connectivity index (χ3v) is 3.24. The average molecular weight is 291 g/mol. The topological polar surface area (TPSA) is 66.4 Å². The summed E-state index contributed by atoms with van der Waals surface area (Å²) >= 11 is 0. The molecule has 0 heterocycles. The van der Waals surface area contributed by atoms with E-state index < -0.39 is 5.97 Å². The second-order valence-corrected chi connectivity index (χ2v) is 6.96. The third-order valence-electron chi connectivity index (χ3n) is 3.24. The second kappa shape index (κ2) is 6.74. The number of hydrogen-bond donors (Lipinski definition) is 2. The molecule has 0 spiro atoms. The van der Waals surface area contributed by atoms with Gasteiger partial charge in [0.05, 0.1) is 5.56 Å². The molecule has 0 aliphatic rings. The van der Waals surface area contributed by atoms with Crippen LogP contribution in [0.15, 0.2) is 18.2 Å². The molecule has 1 atom stereocenters. The van der Waals surface area contributed by atoms with Crippen LogP contribution in [0.5, 0.6) is 0 Å². The minimum atomic E-state index is -0.963. The summed E-state index contributed by atoms with van der Waals surface area (Å²) in [7, 11) is 0. The quantitative estimate of drug-likeness (QED) is 0.858. The van der Waals surface area contributed by atoms with Gasteiger partial charge in [-0.3, -0.25) is 4.79 Å². The zero-order valence-electron chi connectivity index (χ0n) is 13.5. The van der Waals surface area contributed by atoms with Gasteiger partial charge in [-0.05, 0) is 48.4 Å². The van der Waals surface area contributed by atoms with E-state index in [9.17, 15) is 9.59 Å². The minimum Gasteiger partial charge on any atom is -0.478 e. The summed E-state index contributed by atoms with van der Waals surface area (Å²) in [6.07, 6.45) is 1.45. The Balaban J connectivity index is 2.65. The Morgan fingerprint density at radius 1 is 1.29 bits per heavy atom. The van der Waals surface area contributed by atoms with Crippen LogP contribution in [0.4, 0.5) is 5.69 Å². The summed E-state index contributed by atoms with van der Waals surface area (Å²) in [5.74, 6) is -0.684. The van der Waals surface area contributed by atoms with E-state index in [1.165, 1.54) is 6.07 Å². The zero-order chi connectivity index (χ0) is 16.2. The van der Waals surface area contributed by atoms with Crippen molar-refractivity contribution >= 4 is 17.6 Å². The molecular weight excluding hydrogens is 266 g/mol. The van der Waals surface area contributed by atoms with Gasteiger partial charge in [-0.15, -0.1) is 0 Å². The van der Waals surface area contributed by atoms with Crippen molar-refractivity contribution in [2.45, 2.75) is 47.5 Å². The lowest BCUT2D eigenvalue weighted by Gasteiger charge is -2.23. The molecule has 0 aliphatic carbocycles. The molecule has 4 heteroatoms. The first-order valence-corrected chi connectivity index (χ1v) is 7.22. The number of nitrogens with one attached hydrogen (secondary N) is 1. The standard InChI is InChI=1S/C17H25NO3/c1-11(10-17(3,4)5)8-15(19)18-14-7-6-13(16(20)21)9-12(14)2/h6-7,9,11H,8,10H2,1-5H3,(H,18,19)(H,20,21). The molecule has 1 aromatic carbocycles. The fraction of sp³-hybridized carbons (Fsp3) is 0.529. The van der Waals surface area contributed by atoms with Crippen molar-refractivity contribution in [2.24, 2.45) is 11.3 Å². The van der Waals surface area contributed by atoms with Crippen LogP contribution in [0.1, 0.15) is 56.5 Å². The van der Waals surface area contributed by atoms with Crippen LogP contribution in [0.3, 0.4) is 0 Å². The lowest BCUT2D eigenvalue weighted by molar-refractivity contribution is -0.117. The Labute approximate surface area is 126 Å². The molecule has 0 saturated heterocycles. The molecule has 1 amide bonds. The predicted molar refractivity (Wildman–Crippen MR) is 84.6 cm³/mol. The highest BCUT2D eigenvalue weighted by Gasteiger charge is 2.18. The normalized spacial score (nSPS) is 12.8. The molecule has 4 nitrogen and oxygen atoms in total. The van der Waals surface area contributed by atoms with Gasteiger partial charge in [-0.1, -0.05) is 27.7 Å². The van der Waals surface area contributed by atoms with Gasteiger partial charge >= 0.3 is 5.97 Å². The maximum atomic E-state index is 12.1. The van der Waals surface area contributed by atoms with Crippen LogP contribution in [0, 0.1) is 18.3 Å². The Bertz CT molecular complexity index is 529. The van der Waals surface area contributed by atoms with E-state index in [-0.39, 0.29) is 16.9 Å². The number of aromatic carboxylic acids is 1. The Morgan fingerprint density at radius 2 is 1.90 bits per heavy atom. The van der Waals surface area contributed by atoms with Crippen LogP contribution in [0.2, 0.25) is 0 Å². The molecule has 21 heavy (non-hydrogen) atoms. The van der Waals surface area contributed by atoms with Gasteiger partial charge in [0.15, 0.2) is 0 Å². The summed E-state index contributed by atoms with van der Waals surface area (Å²) in [5.41, 5.74) is 1.87. The molecule has 1 aromatic rings. The van der Waals surface area contributed by atoms with Gasteiger partial charge in [0.25, 0.3) is 0 Å². The summed E-state index contributed by atoms with van der Waals surface area (Å²) in [4.78, 5) is 22.9. The molecule has 0 saturated carbocycles. The van der Waals surface area contributed by atoms with Crippen LogP contribution in [-0.2, 0) is 4.79 Å².